The third kappa shape index (κ3) is 4.17. The van der Waals surface area contributed by atoms with Gasteiger partial charge in [-0.25, -0.2) is 0 Å². The summed E-state index contributed by atoms with van der Waals surface area (Å²) >= 11 is 0. The first kappa shape index (κ1) is 15.2. The van der Waals surface area contributed by atoms with Crippen molar-refractivity contribution >= 4 is 12.0 Å². The van der Waals surface area contributed by atoms with E-state index in [1.54, 1.807) is 18.3 Å². The van der Waals surface area contributed by atoms with Crippen LogP contribution in [0.2, 0.25) is 0 Å². The van der Waals surface area contributed by atoms with Crippen LogP contribution in [-0.4, -0.2) is 53.4 Å². The number of rotatable bonds is 4. The lowest BCUT2D eigenvalue weighted by Crippen LogP contribution is -2.40. The molecule has 22 heavy (non-hydrogen) atoms. The molecule has 0 aliphatic carbocycles. The second kappa shape index (κ2) is 7.54. The number of likely N-dealkylation sites (tertiary alicyclic amines) is 2. The van der Waals surface area contributed by atoms with Gasteiger partial charge >= 0.3 is 0 Å². The van der Waals surface area contributed by atoms with Gasteiger partial charge in [-0.1, -0.05) is 6.07 Å². The second-order valence-electron chi connectivity index (χ2n) is 6.36. The number of hydrogen-bond donors (Lipinski definition) is 0. The maximum Gasteiger partial charge on any atom is 0.246 e. The van der Waals surface area contributed by atoms with Crippen LogP contribution < -0.4 is 0 Å². The Morgan fingerprint density at radius 1 is 1.18 bits per heavy atom. The van der Waals surface area contributed by atoms with Crippen molar-refractivity contribution in [2.45, 2.75) is 25.7 Å². The Labute approximate surface area is 132 Å². The summed E-state index contributed by atoms with van der Waals surface area (Å²) in [5.74, 6) is 0.882. The third-order valence-corrected chi connectivity index (χ3v) is 4.73. The van der Waals surface area contributed by atoms with Gasteiger partial charge in [0.1, 0.15) is 0 Å². The topological polar surface area (TPSA) is 36.4 Å². The average molecular weight is 299 g/mol. The first-order valence-corrected chi connectivity index (χ1v) is 8.41. The summed E-state index contributed by atoms with van der Waals surface area (Å²) in [6.07, 6.45) is 10.2. The van der Waals surface area contributed by atoms with Gasteiger partial charge in [-0.3, -0.25) is 9.78 Å². The van der Waals surface area contributed by atoms with Crippen LogP contribution in [0.5, 0.6) is 0 Å². The minimum atomic E-state index is 0.116. The summed E-state index contributed by atoms with van der Waals surface area (Å²) in [4.78, 5) is 21.0. The van der Waals surface area contributed by atoms with E-state index in [-0.39, 0.29) is 5.91 Å². The molecule has 1 aromatic heterocycles. The van der Waals surface area contributed by atoms with Crippen molar-refractivity contribution in [3.8, 4) is 0 Å². The molecule has 1 aromatic rings. The zero-order chi connectivity index (χ0) is 15.2. The lowest BCUT2D eigenvalue weighted by Gasteiger charge is -2.33. The van der Waals surface area contributed by atoms with Crippen molar-refractivity contribution in [3.63, 3.8) is 0 Å². The van der Waals surface area contributed by atoms with E-state index in [4.69, 9.17) is 0 Å². The summed E-state index contributed by atoms with van der Waals surface area (Å²) in [7, 11) is 0. The van der Waals surface area contributed by atoms with E-state index in [1.165, 1.54) is 32.5 Å². The molecule has 4 nitrogen and oxygen atoms in total. The second-order valence-corrected chi connectivity index (χ2v) is 6.36. The van der Waals surface area contributed by atoms with Gasteiger partial charge < -0.3 is 9.80 Å². The Bertz CT molecular complexity index is 500. The summed E-state index contributed by atoms with van der Waals surface area (Å²) in [5.41, 5.74) is 0.833. The van der Waals surface area contributed by atoms with Gasteiger partial charge in [-0.15, -0.1) is 0 Å². The number of amides is 1. The van der Waals surface area contributed by atoms with Crippen molar-refractivity contribution in [3.05, 3.63) is 36.2 Å². The summed E-state index contributed by atoms with van der Waals surface area (Å²) in [5, 5.41) is 0. The van der Waals surface area contributed by atoms with Crippen molar-refractivity contribution in [1.82, 2.24) is 14.8 Å². The largest absolute Gasteiger partial charge is 0.339 e. The van der Waals surface area contributed by atoms with Crippen LogP contribution in [-0.2, 0) is 4.79 Å². The highest BCUT2D eigenvalue weighted by molar-refractivity contribution is 5.91. The number of carbonyl (C=O) groups is 1. The number of hydrogen-bond acceptors (Lipinski definition) is 3. The van der Waals surface area contributed by atoms with Crippen LogP contribution in [0.1, 0.15) is 31.4 Å². The normalized spacial score (nSPS) is 20.8. The van der Waals surface area contributed by atoms with Crippen LogP contribution in [0.15, 0.2) is 30.5 Å². The van der Waals surface area contributed by atoms with E-state index >= 15 is 0 Å². The monoisotopic (exact) mass is 299 g/mol. The van der Waals surface area contributed by atoms with E-state index in [1.807, 2.05) is 23.1 Å². The first-order chi connectivity index (χ1) is 10.8. The molecule has 2 saturated heterocycles. The van der Waals surface area contributed by atoms with Crippen molar-refractivity contribution in [1.29, 1.82) is 0 Å². The molecular weight excluding hydrogens is 274 g/mol. The van der Waals surface area contributed by atoms with Gasteiger partial charge in [0.2, 0.25) is 5.91 Å². The van der Waals surface area contributed by atoms with Gasteiger partial charge in [-0.2, -0.15) is 0 Å². The Hall–Kier alpha value is -1.68. The predicted molar refractivity (Wildman–Crippen MR) is 88.2 cm³/mol. The molecule has 0 N–H and O–H groups in total. The molecule has 0 spiro atoms. The lowest BCUT2D eigenvalue weighted by atomic mass is 9.96. The highest BCUT2D eigenvalue weighted by Crippen LogP contribution is 2.20. The summed E-state index contributed by atoms with van der Waals surface area (Å²) < 4.78 is 0. The molecule has 2 aliphatic rings. The minimum absolute atomic E-state index is 0.116. The van der Waals surface area contributed by atoms with Crippen LogP contribution >= 0.6 is 0 Å². The Kier molecular flexibility index (Phi) is 5.22. The average Bonchev–Trinajstić information content (AvgIpc) is 3.07. The van der Waals surface area contributed by atoms with Gasteiger partial charge in [0.25, 0.3) is 0 Å². The van der Waals surface area contributed by atoms with E-state index in [0.29, 0.717) is 0 Å². The molecule has 0 unspecified atom stereocenters. The molecule has 3 rings (SSSR count). The molecule has 118 valence electrons. The molecule has 4 heteroatoms. The van der Waals surface area contributed by atoms with E-state index in [2.05, 4.69) is 9.88 Å². The molecule has 2 aliphatic heterocycles. The van der Waals surface area contributed by atoms with Crippen molar-refractivity contribution < 1.29 is 4.79 Å². The van der Waals surface area contributed by atoms with Gasteiger partial charge in [-0.05, 0) is 62.9 Å². The van der Waals surface area contributed by atoms with E-state index in [9.17, 15) is 4.79 Å². The first-order valence-electron chi connectivity index (χ1n) is 8.41. The standard InChI is InChI=1S/C18H25N3O/c22-18(7-6-17-5-1-2-10-19-17)21-13-8-16(9-14-21)15-20-11-3-4-12-20/h1-2,5-7,10,16H,3-4,8-9,11-15H2. The summed E-state index contributed by atoms with van der Waals surface area (Å²) in [6, 6.07) is 5.72. The molecule has 1 amide bonds. The summed E-state index contributed by atoms with van der Waals surface area (Å²) in [6.45, 7) is 5.55. The SMILES string of the molecule is O=C(C=Cc1ccccn1)N1CCC(CN2CCCC2)CC1. The fourth-order valence-corrected chi connectivity index (χ4v) is 3.40. The van der Waals surface area contributed by atoms with E-state index < -0.39 is 0 Å². The predicted octanol–water partition coefficient (Wildman–Crippen LogP) is 2.43. The van der Waals surface area contributed by atoms with Crippen LogP contribution in [0.4, 0.5) is 0 Å². The minimum Gasteiger partial charge on any atom is -0.339 e. The molecular formula is C18H25N3O. The maximum absolute atomic E-state index is 12.2. The number of pyridine rings is 1. The number of piperidine rings is 1. The quantitative estimate of drug-likeness (QED) is 0.801. The molecule has 0 aromatic carbocycles. The van der Waals surface area contributed by atoms with Gasteiger partial charge in [0.15, 0.2) is 0 Å². The number of nitrogens with zero attached hydrogens (tertiary/aromatic N) is 3. The molecule has 0 atom stereocenters. The Morgan fingerprint density at radius 2 is 1.95 bits per heavy atom. The number of carbonyl (C=O) groups excluding carboxylic acids is 1. The van der Waals surface area contributed by atoms with Gasteiger partial charge in [0.05, 0.1) is 5.69 Å². The Balaban J connectivity index is 1.44. The molecule has 0 saturated carbocycles. The lowest BCUT2D eigenvalue weighted by molar-refractivity contribution is -0.127. The van der Waals surface area contributed by atoms with Gasteiger partial charge in [0, 0.05) is 31.9 Å². The fraction of sp³-hybridized carbons (Fsp3) is 0.556. The molecule has 2 fully saturated rings. The highest BCUT2D eigenvalue weighted by Gasteiger charge is 2.24. The number of aromatic nitrogens is 1. The smallest absolute Gasteiger partial charge is 0.246 e. The van der Waals surface area contributed by atoms with Crippen molar-refractivity contribution in [2.75, 3.05) is 32.7 Å². The maximum atomic E-state index is 12.2. The van der Waals surface area contributed by atoms with Crippen LogP contribution in [0.25, 0.3) is 6.08 Å². The van der Waals surface area contributed by atoms with Crippen molar-refractivity contribution in [2.24, 2.45) is 5.92 Å². The van der Waals surface area contributed by atoms with Crippen LogP contribution in [0.3, 0.4) is 0 Å². The highest BCUT2D eigenvalue weighted by atomic mass is 16.2. The molecule has 3 heterocycles. The molecule has 0 radical (unpaired) electrons. The third-order valence-electron chi connectivity index (χ3n) is 4.73. The zero-order valence-corrected chi connectivity index (χ0v) is 13.2. The zero-order valence-electron chi connectivity index (χ0n) is 13.2. The Morgan fingerprint density at radius 3 is 2.64 bits per heavy atom. The van der Waals surface area contributed by atoms with Crippen LogP contribution in [0, 0.1) is 5.92 Å². The molecule has 0 bridgehead atoms. The van der Waals surface area contributed by atoms with E-state index in [0.717, 1.165) is 37.5 Å². The fourth-order valence-electron chi connectivity index (χ4n) is 3.40.